The Kier molecular flexibility index (Phi) is 2.83. The molecule has 1 rings (SSSR count). The smallest absolute Gasteiger partial charge is 0.412 e. The molecule has 1 unspecified atom stereocenters. The molecule has 5 nitrogen and oxygen atoms in total. The summed E-state index contributed by atoms with van der Waals surface area (Å²) in [4.78, 5) is 11.3. The lowest BCUT2D eigenvalue weighted by Crippen LogP contribution is -2.33. The lowest BCUT2D eigenvalue weighted by atomic mass is 10.2. The second-order valence-corrected chi connectivity index (χ2v) is 3.24. The SMILES string of the molecule is O=C(O)N1CCCC=C1S(=O)[O-]. The molecule has 1 aliphatic heterocycles. The predicted molar refractivity (Wildman–Crippen MR) is 41.0 cm³/mol. The topological polar surface area (TPSA) is 80.7 Å². The Labute approximate surface area is 72.0 Å². The number of allylic oxidation sites excluding steroid dienone is 1. The molecular weight excluding hydrogens is 182 g/mol. The first-order chi connectivity index (χ1) is 5.63. The molecule has 0 aromatic carbocycles. The van der Waals surface area contributed by atoms with E-state index in [9.17, 15) is 13.6 Å². The van der Waals surface area contributed by atoms with Gasteiger partial charge in [0.25, 0.3) is 0 Å². The van der Waals surface area contributed by atoms with Gasteiger partial charge in [0.2, 0.25) is 0 Å². The van der Waals surface area contributed by atoms with Gasteiger partial charge in [-0.3, -0.25) is 9.11 Å². The standard InChI is InChI=1S/C6H9NO4S/c8-6(9)7-4-2-1-3-5(7)12(10)11/h3H,1-2,4H2,(H,8,9)(H,10,11)/p-1. The number of nitrogens with zero attached hydrogens (tertiary/aromatic N) is 1. The van der Waals surface area contributed by atoms with E-state index in [0.29, 0.717) is 12.8 Å². The van der Waals surface area contributed by atoms with Crippen LogP contribution in [0.5, 0.6) is 0 Å². The monoisotopic (exact) mass is 190 g/mol. The molecule has 1 heterocycles. The average Bonchev–Trinajstić information content (AvgIpc) is 2.04. The minimum absolute atomic E-state index is 0.131. The van der Waals surface area contributed by atoms with E-state index in [-0.39, 0.29) is 11.6 Å². The molecule has 1 N–H and O–H groups in total. The van der Waals surface area contributed by atoms with Crippen LogP contribution in [0.15, 0.2) is 11.1 Å². The molecule has 0 radical (unpaired) electrons. The van der Waals surface area contributed by atoms with Crippen LogP contribution in [-0.4, -0.2) is 31.4 Å². The minimum atomic E-state index is -2.45. The average molecular weight is 190 g/mol. The highest BCUT2D eigenvalue weighted by atomic mass is 32.2. The van der Waals surface area contributed by atoms with Gasteiger partial charge in [-0.15, -0.1) is 0 Å². The van der Waals surface area contributed by atoms with Gasteiger partial charge in [0, 0.05) is 6.54 Å². The summed E-state index contributed by atoms with van der Waals surface area (Å²) in [6.07, 6.45) is 1.49. The van der Waals surface area contributed by atoms with E-state index >= 15 is 0 Å². The zero-order chi connectivity index (χ0) is 9.14. The lowest BCUT2D eigenvalue weighted by molar-refractivity contribution is 0.158. The highest BCUT2D eigenvalue weighted by molar-refractivity contribution is 7.83. The fraction of sp³-hybridized carbons (Fsp3) is 0.500. The number of rotatable bonds is 1. The Bertz CT molecular complexity index is 250. The summed E-state index contributed by atoms with van der Waals surface area (Å²) in [6, 6.07) is 0. The highest BCUT2D eigenvalue weighted by Gasteiger charge is 2.19. The van der Waals surface area contributed by atoms with Crippen molar-refractivity contribution in [3.05, 3.63) is 11.1 Å². The van der Waals surface area contributed by atoms with Crippen LogP contribution in [0.3, 0.4) is 0 Å². The van der Waals surface area contributed by atoms with Crippen molar-refractivity contribution in [3.8, 4) is 0 Å². The summed E-state index contributed by atoms with van der Waals surface area (Å²) >= 11 is -2.45. The molecule has 0 spiro atoms. The molecule has 68 valence electrons. The maximum atomic E-state index is 10.5. The summed E-state index contributed by atoms with van der Waals surface area (Å²) in [6.45, 7) is 0.259. The van der Waals surface area contributed by atoms with Crippen LogP contribution in [-0.2, 0) is 11.1 Å². The van der Waals surface area contributed by atoms with Crippen LogP contribution in [0.1, 0.15) is 12.8 Å². The van der Waals surface area contributed by atoms with Crippen LogP contribution in [0, 0.1) is 0 Å². The summed E-state index contributed by atoms with van der Waals surface area (Å²) in [5, 5.41) is 8.44. The molecule has 0 aromatic heterocycles. The second-order valence-electron chi connectivity index (χ2n) is 2.35. The van der Waals surface area contributed by atoms with Crippen LogP contribution >= 0.6 is 0 Å². The quantitative estimate of drug-likeness (QED) is 0.610. The van der Waals surface area contributed by atoms with Crippen molar-refractivity contribution in [1.29, 1.82) is 0 Å². The van der Waals surface area contributed by atoms with Gasteiger partial charge < -0.3 is 9.66 Å². The third-order valence-electron chi connectivity index (χ3n) is 1.57. The lowest BCUT2D eigenvalue weighted by Gasteiger charge is -2.26. The van der Waals surface area contributed by atoms with Crippen molar-refractivity contribution in [3.63, 3.8) is 0 Å². The van der Waals surface area contributed by atoms with Crippen molar-refractivity contribution in [2.45, 2.75) is 12.8 Å². The number of hydrogen-bond donors (Lipinski definition) is 1. The summed E-state index contributed by atoms with van der Waals surface area (Å²) in [5.41, 5.74) is 0. The molecule has 6 heteroatoms. The van der Waals surface area contributed by atoms with Crippen molar-refractivity contribution in [2.75, 3.05) is 6.54 Å². The molecule has 0 aliphatic carbocycles. The van der Waals surface area contributed by atoms with Crippen molar-refractivity contribution >= 4 is 17.2 Å². The van der Waals surface area contributed by atoms with Gasteiger partial charge in [-0.2, -0.15) is 0 Å². The summed E-state index contributed by atoms with van der Waals surface area (Å²) in [7, 11) is 0. The fourth-order valence-electron chi connectivity index (χ4n) is 1.04. The van der Waals surface area contributed by atoms with Gasteiger partial charge in [0.15, 0.2) is 0 Å². The summed E-state index contributed by atoms with van der Waals surface area (Å²) < 4.78 is 21.0. The Hall–Kier alpha value is -0.880. The first kappa shape index (κ1) is 9.21. The Balaban J connectivity index is 2.85. The van der Waals surface area contributed by atoms with Crippen LogP contribution in [0.25, 0.3) is 0 Å². The molecule has 0 aromatic rings. The third-order valence-corrected chi connectivity index (χ3v) is 2.30. The number of carbonyl (C=O) groups is 1. The maximum Gasteiger partial charge on any atom is 0.412 e. The van der Waals surface area contributed by atoms with E-state index in [4.69, 9.17) is 5.11 Å². The predicted octanol–water partition coefficient (Wildman–Crippen LogP) is 0.481. The highest BCUT2D eigenvalue weighted by Crippen LogP contribution is 2.16. The zero-order valence-electron chi connectivity index (χ0n) is 6.23. The minimum Gasteiger partial charge on any atom is -0.767 e. The fourth-order valence-corrected chi connectivity index (χ4v) is 1.65. The van der Waals surface area contributed by atoms with Gasteiger partial charge in [0.05, 0.1) is 5.03 Å². The van der Waals surface area contributed by atoms with E-state index < -0.39 is 17.2 Å². The molecule has 1 atom stereocenters. The summed E-state index contributed by atoms with van der Waals surface area (Å²) in [5.74, 6) is 0. The van der Waals surface area contributed by atoms with Crippen LogP contribution < -0.4 is 0 Å². The largest absolute Gasteiger partial charge is 0.767 e. The van der Waals surface area contributed by atoms with E-state index in [0.717, 1.165) is 4.90 Å². The number of hydrogen-bond acceptors (Lipinski definition) is 3. The zero-order valence-corrected chi connectivity index (χ0v) is 7.04. The van der Waals surface area contributed by atoms with Crippen LogP contribution in [0.2, 0.25) is 0 Å². The van der Waals surface area contributed by atoms with E-state index in [1.807, 2.05) is 0 Å². The Morgan fingerprint density at radius 2 is 2.42 bits per heavy atom. The molecule has 1 aliphatic rings. The van der Waals surface area contributed by atoms with Crippen LogP contribution in [0.4, 0.5) is 4.79 Å². The van der Waals surface area contributed by atoms with Crippen molar-refractivity contribution in [1.82, 2.24) is 4.90 Å². The van der Waals surface area contributed by atoms with Gasteiger partial charge in [-0.05, 0) is 23.9 Å². The first-order valence-corrected chi connectivity index (χ1v) is 4.50. The molecule has 0 fully saturated rings. The molecule has 0 saturated heterocycles. The van der Waals surface area contributed by atoms with Crippen molar-refractivity contribution in [2.24, 2.45) is 0 Å². The molecule has 0 bridgehead atoms. The Morgan fingerprint density at radius 3 is 2.83 bits per heavy atom. The molecule has 1 amide bonds. The number of amides is 1. The second kappa shape index (κ2) is 3.68. The van der Waals surface area contributed by atoms with Crippen molar-refractivity contribution < 1.29 is 18.7 Å². The van der Waals surface area contributed by atoms with Gasteiger partial charge in [-0.25, -0.2) is 4.79 Å². The number of carboxylic acid groups (broad SMARTS) is 1. The molecular formula is C6H8NO4S-. The molecule has 12 heavy (non-hydrogen) atoms. The first-order valence-electron chi connectivity index (χ1n) is 3.43. The van der Waals surface area contributed by atoms with E-state index in [2.05, 4.69) is 0 Å². The van der Waals surface area contributed by atoms with E-state index in [1.54, 1.807) is 0 Å². The van der Waals surface area contributed by atoms with Gasteiger partial charge in [0.1, 0.15) is 0 Å². The maximum absolute atomic E-state index is 10.5. The third kappa shape index (κ3) is 1.83. The molecule has 0 saturated carbocycles. The normalized spacial score (nSPS) is 20.1. The van der Waals surface area contributed by atoms with Gasteiger partial charge >= 0.3 is 6.09 Å². The van der Waals surface area contributed by atoms with Gasteiger partial charge in [-0.1, -0.05) is 6.08 Å². The Morgan fingerprint density at radius 1 is 1.75 bits per heavy atom. The van der Waals surface area contributed by atoms with E-state index in [1.165, 1.54) is 6.08 Å².